The van der Waals surface area contributed by atoms with Crippen molar-refractivity contribution in [3.8, 4) is 11.5 Å². The van der Waals surface area contributed by atoms with Gasteiger partial charge in [-0.25, -0.2) is 4.79 Å². The van der Waals surface area contributed by atoms with Crippen molar-refractivity contribution in [2.24, 2.45) is 0 Å². The maximum atomic E-state index is 12.9. The Morgan fingerprint density at radius 1 is 1.21 bits per heavy atom. The third-order valence-corrected chi connectivity index (χ3v) is 5.28. The van der Waals surface area contributed by atoms with E-state index in [0.717, 1.165) is 0 Å². The van der Waals surface area contributed by atoms with Crippen LogP contribution < -0.4 is 14.4 Å². The number of nitrogens with zero attached hydrogens (tertiary/aromatic N) is 1. The summed E-state index contributed by atoms with van der Waals surface area (Å²) in [6, 6.07) is 14.0. The normalized spacial score (nSPS) is 16.4. The number of amides is 1. The predicted molar refractivity (Wildman–Crippen MR) is 113 cm³/mol. The molecule has 0 spiro atoms. The van der Waals surface area contributed by atoms with Gasteiger partial charge >= 0.3 is 5.97 Å². The second-order valence-electron chi connectivity index (χ2n) is 5.85. The Morgan fingerprint density at radius 3 is 2.54 bits per heavy atom. The fourth-order valence-electron chi connectivity index (χ4n) is 2.51. The fourth-order valence-corrected chi connectivity index (χ4v) is 3.80. The Hall–Kier alpha value is -2.84. The molecule has 1 unspecified atom stereocenters. The molecular formula is C20H17NO5S2. The SMILES string of the molecule is COc1ccc(N2C(=O)/C(=C\c3ccccc3OC(C)C(=O)O)SC2=S)cc1. The van der Waals surface area contributed by atoms with E-state index in [1.807, 2.05) is 0 Å². The van der Waals surface area contributed by atoms with E-state index in [2.05, 4.69) is 0 Å². The molecule has 0 bridgehead atoms. The van der Waals surface area contributed by atoms with Crippen LogP contribution in [0, 0.1) is 0 Å². The molecule has 1 heterocycles. The van der Waals surface area contributed by atoms with Crippen LogP contribution in [0.25, 0.3) is 6.08 Å². The van der Waals surface area contributed by atoms with Crippen molar-refractivity contribution < 1.29 is 24.2 Å². The van der Waals surface area contributed by atoms with Crippen LogP contribution in [0.5, 0.6) is 11.5 Å². The van der Waals surface area contributed by atoms with Crippen LogP contribution in [-0.4, -0.2) is 34.5 Å². The first kappa shape index (κ1) is 19.9. The molecule has 0 saturated carbocycles. The highest BCUT2D eigenvalue weighted by molar-refractivity contribution is 8.27. The lowest BCUT2D eigenvalue weighted by molar-refractivity contribution is -0.144. The molecule has 0 aliphatic carbocycles. The Balaban J connectivity index is 1.89. The summed E-state index contributed by atoms with van der Waals surface area (Å²) < 4.78 is 11.0. The molecule has 1 atom stereocenters. The average Bonchev–Trinajstić information content (AvgIpc) is 2.96. The molecule has 1 aliphatic rings. The third kappa shape index (κ3) is 4.18. The summed E-state index contributed by atoms with van der Waals surface area (Å²) in [4.78, 5) is 25.9. The number of aliphatic carboxylic acids is 1. The van der Waals surface area contributed by atoms with E-state index in [0.29, 0.717) is 32.0 Å². The van der Waals surface area contributed by atoms with Gasteiger partial charge in [0.2, 0.25) is 0 Å². The number of hydrogen-bond donors (Lipinski definition) is 1. The quantitative estimate of drug-likeness (QED) is 0.565. The number of ether oxygens (including phenoxy) is 2. The topological polar surface area (TPSA) is 76.1 Å². The number of carboxylic acids is 1. The van der Waals surface area contributed by atoms with Crippen LogP contribution in [0.4, 0.5) is 5.69 Å². The first-order chi connectivity index (χ1) is 13.4. The zero-order valence-corrected chi connectivity index (χ0v) is 16.8. The van der Waals surface area contributed by atoms with E-state index >= 15 is 0 Å². The van der Waals surface area contributed by atoms with Gasteiger partial charge < -0.3 is 14.6 Å². The molecule has 28 heavy (non-hydrogen) atoms. The maximum absolute atomic E-state index is 12.9. The zero-order valence-electron chi connectivity index (χ0n) is 15.1. The van der Waals surface area contributed by atoms with E-state index in [9.17, 15) is 9.59 Å². The number of rotatable bonds is 6. The highest BCUT2D eigenvalue weighted by atomic mass is 32.2. The summed E-state index contributed by atoms with van der Waals surface area (Å²) >= 11 is 6.56. The minimum atomic E-state index is -1.07. The Labute approximate surface area is 171 Å². The molecule has 0 aromatic heterocycles. The Morgan fingerprint density at radius 2 is 1.89 bits per heavy atom. The molecule has 144 valence electrons. The number of hydrogen-bond acceptors (Lipinski definition) is 6. The van der Waals surface area contributed by atoms with Gasteiger partial charge in [0, 0.05) is 5.56 Å². The van der Waals surface area contributed by atoms with Crippen molar-refractivity contribution in [1.29, 1.82) is 0 Å². The number of thioether (sulfide) groups is 1. The molecule has 1 fully saturated rings. The third-order valence-electron chi connectivity index (χ3n) is 3.98. The van der Waals surface area contributed by atoms with Crippen LogP contribution >= 0.6 is 24.0 Å². The van der Waals surface area contributed by atoms with E-state index in [-0.39, 0.29) is 5.91 Å². The predicted octanol–water partition coefficient (Wildman–Crippen LogP) is 3.95. The summed E-state index contributed by atoms with van der Waals surface area (Å²) in [5.74, 6) is -0.252. The van der Waals surface area contributed by atoms with Gasteiger partial charge in [0.15, 0.2) is 10.4 Å². The van der Waals surface area contributed by atoms with Gasteiger partial charge in [-0.2, -0.15) is 0 Å². The number of thiocarbonyl (C=S) groups is 1. The van der Waals surface area contributed by atoms with Crippen molar-refractivity contribution >= 4 is 51.9 Å². The molecule has 1 N–H and O–H groups in total. The van der Waals surface area contributed by atoms with Crippen molar-refractivity contribution in [2.45, 2.75) is 13.0 Å². The van der Waals surface area contributed by atoms with Crippen molar-refractivity contribution in [3.63, 3.8) is 0 Å². The van der Waals surface area contributed by atoms with Crippen molar-refractivity contribution in [3.05, 3.63) is 59.0 Å². The Kier molecular flexibility index (Phi) is 6.01. The number of anilines is 1. The van der Waals surface area contributed by atoms with E-state index < -0.39 is 12.1 Å². The smallest absolute Gasteiger partial charge is 0.344 e. The monoisotopic (exact) mass is 415 g/mol. The van der Waals surface area contributed by atoms with Crippen LogP contribution in [0.3, 0.4) is 0 Å². The van der Waals surface area contributed by atoms with E-state index in [1.54, 1.807) is 61.7 Å². The highest BCUT2D eigenvalue weighted by Crippen LogP contribution is 2.37. The maximum Gasteiger partial charge on any atom is 0.344 e. The fraction of sp³-hybridized carbons (Fsp3) is 0.150. The average molecular weight is 415 g/mol. The molecule has 6 nitrogen and oxygen atoms in total. The summed E-state index contributed by atoms with van der Waals surface area (Å²) in [7, 11) is 1.57. The van der Waals surface area contributed by atoms with Gasteiger partial charge in [0.1, 0.15) is 11.5 Å². The molecular weight excluding hydrogens is 398 g/mol. The minimum Gasteiger partial charge on any atom is -0.497 e. The van der Waals surface area contributed by atoms with Crippen LogP contribution in [-0.2, 0) is 9.59 Å². The lowest BCUT2D eigenvalue weighted by atomic mass is 10.1. The van der Waals surface area contributed by atoms with Gasteiger partial charge in [0.25, 0.3) is 5.91 Å². The molecule has 2 aromatic carbocycles. The highest BCUT2D eigenvalue weighted by Gasteiger charge is 2.33. The second kappa shape index (κ2) is 8.45. The number of benzene rings is 2. The molecule has 3 rings (SSSR count). The lowest BCUT2D eigenvalue weighted by Crippen LogP contribution is -2.27. The summed E-state index contributed by atoms with van der Waals surface area (Å²) in [6.07, 6.45) is 0.649. The minimum absolute atomic E-state index is 0.249. The number of para-hydroxylation sites is 1. The van der Waals surface area contributed by atoms with Gasteiger partial charge in [-0.15, -0.1) is 0 Å². The van der Waals surface area contributed by atoms with Crippen LogP contribution in [0.2, 0.25) is 0 Å². The summed E-state index contributed by atoms with van der Waals surface area (Å²) in [6.45, 7) is 1.45. The first-order valence-electron chi connectivity index (χ1n) is 8.31. The zero-order chi connectivity index (χ0) is 20.3. The lowest BCUT2D eigenvalue weighted by Gasteiger charge is -2.15. The first-order valence-corrected chi connectivity index (χ1v) is 9.53. The van der Waals surface area contributed by atoms with Gasteiger partial charge in [-0.1, -0.05) is 42.2 Å². The Bertz CT molecular complexity index is 955. The van der Waals surface area contributed by atoms with Gasteiger partial charge in [-0.05, 0) is 43.3 Å². The van der Waals surface area contributed by atoms with Crippen molar-refractivity contribution in [2.75, 3.05) is 12.0 Å². The molecule has 2 aromatic rings. The van der Waals surface area contributed by atoms with Gasteiger partial charge in [0.05, 0.1) is 17.7 Å². The molecule has 8 heteroatoms. The number of carboxylic acid groups (broad SMARTS) is 1. The number of carbonyl (C=O) groups is 2. The summed E-state index contributed by atoms with van der Waals surface area (Å²) in [5.41, 5.74) is 1.25. The molecule has 1 amide bonds. The number of methoxy groups -OCH3 is 1. The van der Waals surface area contributed by atoms with Crippen LogP contribution in [0.15, 0.2) is 53.4 Å². The van der Waals surface area contributed by atoms with Crippen molar-refractivity contribution in [1.82, 2.24) is 0 Å². The number of carbonyl (C=O) groups excluding carboxylic acids is 1. The summed E-state index contributed by atoms with van der Waals surface area (Å²) in [5, 5.41) is 9.06. The largest absolute Gasteiger partial charge is 0.497 e. The second-order valence-corrected chi connectivity index (χ2v) is 7.53. The van der Waals surface area contributed by atoms with E-state index in [1.165, 1.54) is 23.6 Å². The van der Waals surface area contributed by atoms with Gasteiger partial charge in [-0.3, -0.25) is 9.69 Å². The molecule has 1 aliphatic heterocycles. The van der Waals surface area contributed by atoms with E-state index in [4.69, 9.17) is 26.8 Å². The standard InChI is InChI=1S/C20H17NO5S2/c1-12(19(23)24)26-16-6-4-3-5-13(16)11-17-18(22)21(20(27)28-17)14-7-9-15(25-2)10-8-14/h3-12H,1-2H3,(H,23,24)/b17-11+. The molecule has 1 saturated heterocycles. The van der Waals surface area contributed by atoms with Crippen LogP contribution in [0.1, 0.15) is 12.5 Å². The molecule has 0 radical (unpaired) electrons.